The Bertz CT molecular complexity index is 1370. The molecule has 4 aromatic rings. The van der Waals surface area contributed by atoms with Gasteiger partial charge in [0, 0.05) is 29.6 Å². The van der Waals surface area contributed by atoms with Gasteiger partial charge in [-0.05, 0) is 49.8 Å². The molecule has 7 nitrogen and oxygen atoms in total. The van der Waals surface area contributed by atoms with Gasteiger partial charge < -0.3 is 5.32 Å². The first-order chi connectivity index (χ1) is 15.3. The lowest BCUT2D eigenvalue weighted by Gasteiger charge is -2.04. The van der Waals surface area contributed by atoms with Gasteiger partial charge in [0.2, 0.25) is 5.91 Å². The molecule has 1 N–H and O–H groups in total. The number of nitrogens with one attached hydrogen (secondary N) is 1. The summed E-state index contributed by atoms with van der Waals surface area (Å²) in [7, 11) is 0. The van der Waals surface area contributed by atoms with Crippen molar-refractivity contribution in [2.24, 2.45) is 0 Å². The van der Waals surface area contributed by atoms with Gasteiger partial charge in [0.1, 0.15) is 10.7 Å². The highest BCUT2D eigenvalue weighted by Gasteiger charge is 2.15. The van der Waals surface area contributed by atoms with E-state index in [4.69, 9.17) is 16.6 Å². The summed E-state index contributed by atoms with van der Waals surface area (Å²) in [4.78, 5) is 27.8. The summed E-state index contributed by atoms with van der Waals surface area (Å²) in [6, 6.07) is 16.1. The van der Waals surface area contributed by atoms with Crippen LogP contribution in [0.2, 0.25) is 5.02 Å². The van der Waals surface area contributed by atoms with E-state index in [2.05, 4.69) is 5.32 Å². The number of imidazole rings is 1. The number of carbonyl (C=O) groups is 1. The highest BCUT2D eigenvalue weighted by Crippen LogP contribution is 2.28. The Labute approximate surface area is 189 Å². The van der Waals surface area contributed by atoms with E-state index in [1.807, 2.05) is 60.8 Å². The minimum absolute atomic E-state index is 0.00676. The first kappa shape index (κ1) is 21.3. The summed E-state index contributed by atoms with van der Waals surface area (Å²) in [5.41, 5.74) is 5.44. The average molecular weight is 447 g/mol. The molecular formula is C24H19ClN4O3. The Morgan fingerprint density at radius 1 is 1.09 bits per heavy atom. The summed E-state index contributed by atoms with van der Waals surface area (Å²) >= 11 is 5.83. The van der Waals surface area contributed by atoms with Crippen molar-refractivity contribution >= 4 is 40.6 Å². The molecule has 2 aromatic carbocycles. The first-order valence-electron chi connectivity index (χ1n) is 9.80. The van der Waals surface area contributed by atoms with Gasteiger partial charge in [0.25, 0.3) is 5.69 Å². The van der Waals surface area contributed by atoms with Gasteiger partial charge in [0.15, 0.2) is 0 Å². The maximum atomic E-state index is 12.5. The number of carbonyl (C=O) groups excluding carboxylic acids is 1. The van der Waals surface area contributed by atoms with Crippen LogP contribution in [-0.2, 0) is 4.79 Å². The van der Waals surface area contributed by atoms with Crippen molar-refractivity contribution in [3.8, 4) is 11.3 Å². The highest BCUT2D eigenvalue weighted by molar-refractivity contribution is 6.32. The monoisotopic (exact) mass is 446 g/mol. The summed E-state index contributed by atoms with van der Waals surface area (Å²) in [5, 5.41) is 13.7. The fourth-order valence-corrected chi connectivity index (χ4v) is 3.50. The third kappa shape index (κ3) is 4.38. The van der Waals surface area contributed by atoms with Crippen molar-refractivity contribution in [1.29, 1.82) is 0 Å². The van der Waals surface area contributed by atoms with E-state index in [9.17, 15) is 14.9 Å². The summed E-state index contributed by atoms with van der Waals surface area (Å²) in [5.74, 6) is -0.432. The zero-order valence-corrected chi connectivity index (χ0v) is 18.1. The molecular weight excluding hydrogens is 428 g/mol. The summed E-state index contributed by atoms with van der Waals surface area (Å²) < 4.78 is 1.92. The Hall–Kier alpha value is -3.97. The number of rotatable bonds is 5. The maximum Gasteiger partial charge on any atom is 0.289 e. The van der Waals surface area contributed by atoms with E-state index < -0.39 is 10.8 Å². The predicted octanol–water partition coefficient (Wildman–Crippen LogP) is 5.83. The van der Waals surface area contributed by atoms with Crippen LogP contribution in [0.5, 0.6) is 0 Å². The molecule has 0 radical (unpaired) electrons. The fraction of sp³-hybridized carbons (Fsp3) is 0.0833. The normalized spacial score (nSPS) is 11.2. The molecule has 1 amide bonds. The van der Waals surface area contributed by atoms with Crippen LogP contribution in [0.1, 0.15) is 16.8 Å². The second kappa shape index (κ2) is 8.64. The van der Waals surface area contributed by atoms with Gasteiger partial charge in [-0.3, -0.25) is 19.3 Å². The highest BCUT2D eigenvalue weighted by atomic mass is 35.5. The zero-order valence-electron chi connectivity index (χ0n) is 17.4. The molecule has 4 rings (SSSR count). The number of anilines is 1. The van der Waals surface area contributed by atoms with Gasteiger partial charge >= 0.3 is 0 Å². The van der Waals surface area contributed by atoms with Gasteiger partial charge in [0.05, 0.1) is 16.3 Å². The van der Waals surface area contributed by atoms with E-state index in [0.29, 0.717) is 0 Å². The molecule has 160 valence electrons. The van der Waals surface area contributed by atoms with E-state index >= 15 is 0 Å². The minimum atomic E-state index is -0.595. The number of aromatic nitrogens is 2. The van der Waals surface area contributed by atoms with Crippen LogP contribution in [0.4, 0.5) is 11.4 Å². The number of hydrogen-bond donors (Lipinski definition) is 1. The molecule has 0 saturated heterocycles. The largest absolute Gasteiger partial charge is 0.322 e. The first-order valence-corrected chi connectivity index (χ1v) is 10.2. The topological polar surface area (TPSA) is 89.5 Å². The number of hydrogen-bond acceptors (Lipinski definition) is 4. The van der Waals surface area contributed by atoms with Crippen molar-refractivity contribution in [3.05, 3.63) is 98.8 Å². The molecule has 2 heterocycles. The Morgan fingerprint density at radius 2 is 1.84 bits per heavy atom. The third-order valence-electron chi connectivity index (χ3n) is 4.95. The van der Waals surface area contributed by atoms with Crippen LogP contribution < -0.4 is 5.32 Å². The van der Waals surface area contributed by atoms with Crippen LogP contribution in [0, 0.1) is 24.0 Å². The molecule has 0 saturated carbocycles. The van der Waals surface area contributed by atoms with E-state index in [-0.39, 0.29) is 16.4 Å². The van der Waals surface area contributed by atoms with Gasteiger partial charge in [-0.25, -0.2) is 4.98 Å². The van der Waals surface area contributed by atoms with Gasteiger partial charge in [-0.2, -0.15) is 0 Å². The predicted molar refractivity (Wildman–Crippen MR) is 126 cm³/mol. The smallest absolute Gasteiger partial charge is 0.289 e. The molecule has 0 aliphatic heterocycles. The Kier molecular flexibility index (Phi) is 5.75. The standard InChI is InChI=1S/C24H19ClN4O3/c1-15-3-5-17(6-4-15)24-20(28-12-11-16(2)13-22(28)27-24)9-10-23(30)26-18-7-8-19(25)21(14-18)29(31)32/h3-14H,1-2H3,(H,26,30)/b10-9+. The molecule has 8 heteroatoms. The molecule has 0 atom stereocenters. The van der Waals surface area contributed by atoms with Crippen molar-refractivity contribution < 1.29 is 9.72 Å². The maximum absolute atomic E-state index is 12.5. The Morgan fingerprint density at radius 3 is 2.56 bits per heavy atom. The molecule has 0 unspecified atom stereocenters. The number of aryl methyl sites for hydroxylation is 2. The van der Waals surface area contributed by atoms with Gasteiger partial charge in [-0.1, -0.05) is 41.4 Å². The fourth-order valence-electron chi connectivity index (χ4n) is 3.32. The third-order valence-corrected chi connectivity index (χ3v) is 5.27. The molecule has 0 aliphatic rings. The number of halogens is 1. The molecule has 0 aliphatic carbocycles. The van der Waals surface area contributed by atoms with Crippen molar-refractivity contribution in [1.82, 2.24) is 9.38 Å². The minimum Gasteiger partial charge on any atom is -0.322 e. The summed E-state index contributed by atoms with van der Waals surface area (Å²) in [6.07, 6.45) is 4.97. The van der Waals surface area contributed by atoms with Crippen LogP contribution in [0.3, 0.4) is 0 Å². The molecule has 0 bridgehead atoms. The molecule has 0 fully saturated rings. The SMILES string of the molecule is Cc1ccc(-c2nc3cc(C)ccn3c2/C=C/C(=O)Nc2ccc(Cl)c([N+](=O)[O-])c2)cc1. The average Bonchev–Trinajstić information content (AvgIpc) is 3.11. The van der Waals surface area contributed by atoms with Crippen molar-refractivity contribution in [2.45, 2.75) is 13.8 Å². The molecule has 0 spiro atoms. The van der Waals surface area contributed by atoms with Crippen LogP contribution in [0.15, 0.2) is 66.9 Å². The number of nitro groups is 1. The number of nitrogens with zero attached hydrogens (tertiary/aromatic N) is 3. The number of benzene rings is 2. The number of nitro benzene ring substituents is 1. The van der Waals surface area contributed by atoms with Crippen LogP contribution in [0.25, 0.3) is 23.0 Å². The number of amides is 1. The van der Waals surface area contributed by atoms with Crippen molar-refractivity contribution in [3.63, 3.8) is 0 Å². The second-order valence-corrected chi connectivity index (χ2v) is 7.80. The summed E-state index contributed by atoms with van der Waals surface area (Å²) in [6.45, 7) is 4.01. The number of pyridine rings is 1. The van der Waals surface area contributed by atoms with Crippen LogP contribution in [-0.4, -0.2) is 20.2 Å². The van der Waals surface area contributed by atoms with E-state index in [0.717, 1.165) is 33.7 Å². The lowest BCUT2D eigenvalue weighted by Crippen LogP contribution is -2.08. The van der Waals surface area contributed by atoms with E-state index in [1.165, 1.54) is 24.3 Å². The molecule has 2 aromatic heterocycles. The Balaban J connectivity index is 1.68. The second-order valence-electron chi connectivity index (χ2n) is 7.39. The molecule has 32 heavy (non-hydrogen) atoms. The lowest BCUT2D eigenvalue weighted by atomic mass is 10.1. The number of fused-ring (bicyclic) bond motifs is 1. The van der Waals surface area contributed by atoms with E-state index in [1.54, 1.807) is 6.08 Å². The lowest BCUT2D eigenvalue weighted by molar-refractivity contribution is -0.384. The quantitative estimate of drug-likeness (QED) is 0.237. The van der Waals surface area contributed by atoms with Crippen LogP contribution >= 0.6 is 11.6 Å². The van der Waals surface area contributed by atoms with Crippen molar-refractivity contribution in [2.75, 3.05) is 5.32 Å². The van der Waals surface area contributed by atoms with Gasteiger partial charge in [-0.15, -0.1) is 0 Å². The zero-order chi connectivity index (χ0) is 22.8.